The van der Waals surface area contributed by atoms with Crippen molar-refractivity contribution in [2.75, 3.05) is 6.61 Å². The predicted octanol–water partition coefficient (Wildman–Crippen LogP) is 4.57. The van der Waals surface area contributed by atoms with E-state index in [4.69, 9.17) is 9.15 Å². The van der Waals surface area contributed by atoms with Crippen LogP contribution in [0, 0.1) is 0 Å². The third-order valence-electron chi connectivity index (χ3n) is 3.02. The first-order valence-corrected chi connectivity index (χ1v) is 6.74. The van der Waals surface area contributed by atoms with Crippen molar-refractivity contribution in [3.8, 4) is 28.7 Å². The monoisotopic (exact) mass is 277 g/mol. The van der Waals surface area contributed by atoms with Crippen molar-refractivity contribution in [1.29, 1.82) is 0 Å². The van der Waals surface area contributed by atoms with Gasteiger partial charge in [-0.05, 0) is 0 Å². The Bertz CT molecular complexity index is 660. The van der Waals surface area contributed by atoms with Gasteiger partial charge in [0.2, 0.25) is 0 Å². The lowest BCUT2D eigenvalue weighted by Crippen LogP contribution is -1.92. The highest BCUT2D eigenvalue weighted by atomic mass is 16.6. The number of oxazole rings is 1. The third-order valence-corrected chi connectivity index (χ3v) is 3.02. The van der Waals surface area contributed by atoms with E-state index in [-0.39, 0.29) is 6.08 Å². The second kappa shape index (κ2) is 6.09. The average Bonchev–Trinajstić information content (AvgIpc) is 2.99. The van der Waals surface area contributed by atoms with E-state index in [1.807, 2.05) is 60.7 Å². The van der Waals surface area contributed by atoms with Gasteiger partial charge in [0, 0.05) is 11.1 Å². The van der Waals surface area contributed by atoms with Crippen LogP contribution in [0.2, 0.25) is 0 Å². The first kappa shape index (κ1) is 13.2. The quantitative estimate of drug-likeness (QED) is 0.641. The molecule has 3 aromatic rings. The molecule has 3 rings (SSSR count). The summed E-state index contributed by atoms with van der Waals surface area (Å²) in [5.74, 6) is 0.709. The molecule has 104 valence electrons. The van der Waals surface area contributed by atoms with Crippen molar-refractivity contribution < 1.29 is 9.15 Å². The van der Waals surface area contributed by atoms with Crippen molar-refractivity contribution in [2.45, 2.75) is 0 Å². The minimum Gasteiger partial charge on any atom is -0.446 e. The second-order valence-corrected chi connectivity index (χ2v) is 4.49. The van der Waals surface area contributed by atoms with Crippen molar-refractivity contribution in [1.82, 2.24) is 4.98 Å². The standard InChI is InChI=1S/C18H15NO2/c1-2-13-20-18-19-16(14-9-5-3-6-10-14)17(21-18)15-11-7-4-8-12-15/h2-12H,1,13H2. The third kappa shape index (κ3) is 2.87. The summed E-state index contributed by atoms with van der Waals surface area (Å²) in [6.07, 6.45) is 1.92. The topological polar surface area (TPSA) is 35.3 Å². The molecule has 3 nitrogen and oxygen atoms in total. The van der Waals surface area contributed by atoms with Crippen LogP contribution in [0.25, 0.3) is 22.6 Å². The number of benzene rings is 2. The molecule has 0 aliphatic carbocycles. The van der Waals surface area contributed by atoms with Gasteiger partial charge in [-0.2, -0.15) is 4.98 Å². The molecule has 2 aromatic carbocycles. The van der Waals surface area contributed by atoms with E-state index >= 15 is 0 Å². The summed E-state index contributed by atoms with van der Waals surface area (Å²) < 4.78 is 11.2. The lowest BCUT2D eigenvalue weighted by molar-refractivity contribution is 0.261. The maximum atomic E-state index is 5.78. The largest absolute Gasteiger partial charge is 0.446 e. The van der Waals surface area contributed by atoms with Crippen molar-refractivity contribution in [2.24, 2.45) is 0 Å². The number of nitrogens with zero attached hydrogens (tertiary/aromatic N) is 1. The number of hydrogen-bond donors (Lipinski definition) is 0. The van der Waals surface area contributed by atoms with Crippen molar-refractivity contribution >= 4 is 0 Å². The lowest BCUT2D eigenvalue weighted by atomic mass is 10.1. The molecule has 0 bridgehead atoms. The second-order valence-electron chi connectivity index (χ2n) is 4.49. The molecule has 0 amide bonds. The molecule has 0 atom stereocenters. The molecular formula is C18H15NO2. The predicted molar refractivity (Wildman–Crippen MR) is 83.1 cm³/mol. The first-order chi connectivity index (χ1) is 10.4. The van der Waals surface area contributed by atoms with E-state index in [0.29, 0.717) is 12.4 Å². The zero-order valence-electron chi connectivity index (χ0n) is 11.5. The Hall–Kier alpha value is -2.81. The summed E-state index contributed by atoms with van der Waals surface area (Å²) in [5, 5.41) is 0. The van der Waals surface area contributed by atoms with Crippen LogP contribution < -0.4 is 4.74 Å². The zero-order valence-corrected chi connectivity index (χ0v) is 11.5. The Morgan fingerprint density at radius 2 is 1.57 bits per heavy atom. The van der Waals surface area contributed by atoms with Gasteiger partial charge in [0.25, 0.3) is 0 Å². The van der Waals surface area contributed by atoms with Gasteiger partial charge in [0.15, 0.2) is 5.76 Å². The highest BCUT2D eigenvalue weighted by Crippen LogP contribution is 2.34. The molecule has 0 fully saturated rings. The molecule has 0 radical (unpaired) electrons. The van der Waals surface area contributed by atoms with Crippen LogP contribution in [0.4, 0.5) is 0 Å². The van der Waals surface area contributed by atoms with Crippen molar-refractivity contribution in [3.05, 3.63) is 73.3 Å². The normalized spacial score (nSPS) is 10.3. The summed E-state index contributed by atoms with van der Waals surface area (Å²) in [7, 11) is 0. The molecule has 0 aliphatic heterocycles. The Balaban J connectivity index is 2.08. The summed E-state index contributed by atoms with van der Waals surface area (Å²) in [6.45, 7) is 3.99. The molecular weight excluding hydrogens is 262 g/mol. The molecule has 0 saturated carbocycles. The molecule has 1 aromatic heterocycles. The van der Waals surface area contributed by atoms with E-state index in [1.165, 1.54) is 0 Å². The summed E-state index contributed by atoms with van der Waals surface area (Å²) >= 11 is 0. The van der Waals surface area contributed by atoms with Gasteiger partial charge < -0.3 is 9.15 Å². The van der Waals surface area contributed by atoms with Gasteiger partial charge in [-0.15, -0.1) is 0 Å². The van der Waals surface area contributed by atoms with Gasteiger partial charge in [0.1, 0.15) is 12.3 Å². The van der Waals surface area contributed by atoms with Crippen LogP contribution in [0.1, 0.15) is 0 Å². The van der Waals surface area contributed by atoms with E-state index in [1.54, 1.807) is 6.08 Å². The minimum atomic E-state index is 0.257. The first-order valence-electron chi connectivity index (χ1n) is 6.74. The SMILES string of the molecule is C=CCOc1nc(-c2ccccc2)c(-c2ccccc2)o1. The van der Waals surface area contributed by atoms with E-state index in [9.17, 15) is 0 Å². The lowest BCUT2D eigenvalue weighted by Gasteiger charge is -2.00. The Morgan fingerprint density at radius 3 is 2.19 bits per heavy atom. The Labute approximate surface area is 123 Å². The molecule has 0 unspecified atom stereocenters. The summed E-state index contributed by atoms with van der Waals surface area (Å²) in [6, 6.07) is 19.8. The van der Waals surface area contributed by atoms with Gasteiger partial charge in [-0.25, -0.2) is 0 Å². The maximum absolute atomic E-state index is 5.78. The fourth-order valence-electron chi connectivity index (χ4n) is 2.07. The van der Waals surface area contributed by atoms with Crippen LogP contribution in [-0.2, 0) is 0 Å². The van der Waals surface area contributed by atoms with E-state index in [0.717, 1.165) is 16.8 Å². The number of aromatic nitrogens is 1. The highest BCUT2D eigenvalue weighted by Gasteiger charge is 2.17. The number of rotatable bonds is 5. The summed E-state index contributed by atoms with van der Waals surface area (Å²) in [4.78, 5) is 4.46. The Kier molecular flexibility index (Phi) is 3.83. The van der Waals surface area contributed by atoms with Gasteiger partial charge in [-0.3, -0.25) is 0 Å². The van der Waals surface area contributed by atoms with Gasteiger partial charge in [-0.1, -0.05) is 73.3 Å². The minimum absolute atomic E-state index is 0.257. The zero-order chi connectivity index (χ0) is 14.5. The molecule has 21 heavy (non-hydrogen) atoms. The Morgan fingerprint density at radius 1 is 0.952 bits per heavy atom. The fourth-order valence-corrected chi connectivity index (χ4v) is 2.07. The molecule has 1 heterocycles. The van der Waals surface area contributed by atoms with Crippen molar-refractivity contribution in [3.63, 3.8) is 0 Å². The van der Waals surface area contributed by atoms with Crippen LogP contribution in [-0.4, -0.2) is 11.6 Å². The number of ether oxygens (including phenoxy) is 1. The molecule has 3 heteroatoms. The molecule has 0 N–H and O–H groups in total. The maximum Gasteiger partial charge on any atom is 0.395 e. The van der Waals surface area contributed by atoms with E-state index in [2.05, 4.69) is 11.6 Å². The van der Waals surface area contributed by atoms with Crippen LogP contribution >= 0.6 is 0 Å². The van der Waals surface area contributed by atoms with Crippen LogP contribution in [0.5, 0.6) is 6.08 Å². The smallest absolute Gasteiger partial charge is 0.395 e. The van der Waals surface area contributed by atoms with E-state index < -0.39 is 0 Å². The molecule has 0 spiro atoms. The van der Waals surface area contributed by atoms with Crippen LogP contribution in [0.15, 0.2) is 77.7 Å². The number of hydrogen-bond acceptors (Lipinski definition) is 3. The molecule has 0 aliphatic rings. The van der Waals surface area contributed by atoms with Crippen LogP contribution in [0.3, 0.4) is 0 Å². The van der Waals surface area contributed by atoms with Gasteiger partial charge >= 0.3 is 6.08 Å². The molecule has 0 saturated heterocycles. The average molecular weight is 277 g/mol. The van der Waals surface area contributed by atoms with Gasteiger partial charge in [0.05, 0.1) is 0 Å². The fraction of sp³-hybridized carbons (Fsp3) is 0.0556. The summed E-state index contributed by atoms with van der Waals surface area (Å²) in [5.41, 5.74) is 2.74. The highest BCUT2D eigenvalue weighted by molar-refractivity contribution is 5.77.